The summed E-state index contributed by atoms with van der Waals surface area (Å²) in [6.45, 7) is 3.61. The second-order valence-corrected chi connectivity index (χ2v) is 4.01. The van der Waals surface area contributed by atoms with Crippen LogP contribution in [0.1, 0.15) is 18.5 Å². The maximum atomic E-state index is 5.76. The SMILES string of the molecule is CC(N)c1ccc(OCCN(C)C)cc1. The molecule has 84 valence electrons. The fourth-order valence-corrected chi connectivity index (χ4v) is 1.21. The summed E-state index contributed by atoms with van der Waals surface area (Å²) in [7, 11) is 4.06. The van der Waals surface area contributed by atoms with E-state index in [1.807, 2.05) is 45.3 Å². The van der Waals surface area contributed by atoms with Crippen LogP contribution >= 0.6 is 0 Å². The Balaban J connectivity index is 2.43. The monoisotopic (exact) mass is 208 g/mol. The largest absolute Gasteiger partial charge is 0.492 e. The summed E-state index contributed by atoms with van der Waals surface area (Å²) in [5.41, 5.74) is 6.89. The maximum absolute atomic E-state index is 5.76. The van der Waals surface area contributed by atoms with Gasteiger partial charge in [0.05, 0.1) is 0 Å². The Kier molecular flexibility index (Phi) is 4.59. The Morgan fingerprint density at radius 2 is 1.87 bits per heavy atom. The minimum Gasteiger partial charge on any atom is -0.492 e. The van der Waals surface area contributed by atoms with Crippen LogP contribution in [-0.4, -0.2) is 32.1 Å². The van der Waals surface area contributed by atoms with Crippen molar-refractivity contribution in [3.63, 3.8) is 0 Å². The van der Waals surface area contributed by atoms with E-state index < -0.39 is 0 Å². The molecular weight excluding hydrogens is 188 g/mol. The molecule has 1 atom stereocenters. The zero-order chi connectivity index (χ0) is 11.3. The molecule has 0 aliphatic carbocycles. The van der Waals surface area contributed by atoms with Crippen LogP contribution in [0, 0.1) is 0 Å². The Labute approximate surface area is 91.8 Å². The topological polar surface area (TPSA) is 38.5 Å². The van der Waals surface area contributed by atoms with E-state index in [1.165, 1.54) is 0 Å². The molecule has 3 nitrogen and oxygen atoms in total. The van der Waals surface area contributed by atoms with E-state index in [0.29, 0.717) is 6.61 Å². The average molecular weight is 208 g/mol. The van der Waals surface area contributed by atoms with Gasteiger partial charge in [0, 0.05) is 12.6 Å². The van der Waals surface area contributed by atoms with Gasteiger partial charge in [-0.2, -0.15) is 0 Å². The predicted molar refractivity (Wildman–Crippen MR) is 63.1 cm³/mol. The van der Waals surface area contributed by atoms with Crippen LogP contribution in [-0.2, 0) is 0 Å². The second kappa shape index (κ2) is 5.73. The van der Waals surface area contributed by atoms with E-state index in [-0.39, 0.29) is 6.04 Å². The van der Waals surface area contributed by atoms with Gasteiger partial charge in [0.1, 0.15) is 12.4 Å². The van der Waals surface area contributed by atoms with Crippen molar-refractivity contribution < 1.29 is 4.74 Å². The van der Waals surface area contributed by atoms with E-state index in [9.17, 15) is 0 Å². The molecule has 0 saturated heterocycles. The molecular formula is C12H20N2O. The first kappa shape index (κ1) is 12.0. The third-order valence-electron chi connectivity index (χ3n) is 2.21. The van der Waals surface area contributed by atoms with E-state index in [1.54, 1.807) is 0 Å². The summed E-state index contributed by atoms with van der Waals surface area (Å²) >= 11 is 0. The van der Waals surface area contributed by atoms with Crippen molar-refractivity contribution in [1.29, 1.82) is 0 Å². The fraction of sp³-hybridized carbons (Fsp3) is 0.500. The predicted octanol–water partition coefficient (Wildman–Crippen LogP) is 1.65. The normalized spacial score (nSPS) is 12.9. The van der Waals surface area contributed by atoms with Crippen LogP contribution in [0.2, 0.25) is 0 Å². The number of rotatable bonds is 5. The quantitative estimate of drug-likeness (QED) is 0.799. The Morgan fingerprint density at radius 3 is 2.33 bits per heavy atom. The maximum Gasteiger partial charge on any atom is 0.119 e. The lowest BCUT2D eigenvalue weighted by Crippen LogP contribution is -2.19. The lowest BCUT2D eigenvalue weighted by atomic mass is 10.1. The first-order valence-corrected chi connectivity index (χ1v) is 5.22. The van der Waals surface area contributed by atoms with E-state index in [4.69, 9.17) is 10.5 Å². The van der Waals surface area contributed by atoms with Crippen molar-refractivity contribution in [3.05, 3.63) is 29.8 Å². The van der Waals surface area contributed by atoms with Crippen LogP contribution < -0.4 is 10.5 Å². The molecule has 1 aromatic rings. The van der Waals surface area contributed by atoms with Gasteiger partial charge < -0.3 is 15.4 Å². The fourth-order valence-electron chi connectivity index (χ4n) is 1.21. The van der Waals surface area contributed by atoms with Gasteiger partial charge in [-0.05, 0) is 38.7 Å². The summed E-state index contributed by atoms with van der Waals surface area (Å²) in [5.74, 6) is 0.904. The molecule has 2 N–H and O–H groups in total. The first-order chi connectivity index (χ1) is 7.09. The average Bonchev–Trinajstić information content (AvgIpc) is 2.18. The molecule has 1 rings (SSSR count). The van der Waals surface area contributed by atoms with Crippen LogP contribution in [0.15, 0.2) is 24.3 Å². The molecule has 0 fully saturated rings. The zero-order valence-electron chi connectivity index (χ0n) is 9.73. The highest BCUT2D eigenvalue weighted by Crippen LogP contribution is 2.15. The Hall–Kier alpha value is -1.06. The zero-order valence-corrected chi connectivity index (χ0v) is 9.73. The lowest BCUT2D eigenvalue weighted by molar-refractivity contribution is 0.261. The van der Waals surface area contributed by atoms with Gasteiger partial charge in [0.2, 0.25) is 0 Å². The summed E-state index contributed by atoms with van der Waals surface area (Å²) in [5, 5.41) is 0. The summed E-state index contributed by atoms with van der Waals surface area (Å²) in [6, 6.07) is 8.04. The number of nitrogens with two attached hydrogens (primary N) is 1. The molecule has 15 heavy (non-hydrogen) atoms. The number of benzene rings is 1. The van der Waals surface area contributed by atoms with Gasteiger partial charge in [-0.3, -0.25) is 0 Å². The van der Waals surface area contributed by atoms with Crippen molar-refractivity contribution in [2.45, 2.75) is 13.0 Å². The molecule has 0 bridgehead atoms. The highest BCUT2D eigenvalue weighted by molar-refractivity contribution is 5.28. The van der Waals surface area contributed by atoms with Crippen molar-refractivity contribution >= 4 is 0 Å². The number of ether oxygens (including phenoxy) is 1. The molecule has 0 aliphatic rings. The lowest BCUT2D eigenvalue weighted by Gasteiger charge is -2.11. The highest BCUT2D eigenvalue weighted by Gasteiger charge is 1.99. The molecule has 0 aliphatic heterocycles. The molecule has 0 spiro atoms. The molecule has 1 aromatic carbocycles. The van der Waals surface area contributed by atoms with Gasteiger partial charge in [0.15, 0.2) is 0 Å². The molecule has 1 unspecified atom stereocenters. The van der Waals surface area contributed by atoms with Gasteiger partial charge in [-0.1, -0.05) is 12.1 Å². The third kappa shape index (κ3) is 4.32. The molecule has 0 heterocycles. The van der Waals surface area contributed by atoms with Crippen LogP contribution in [0.4, 0.5) is 0 Å². The van der Waals surface area contributed by atoms with Crippen LogP contribution in [0.25, 0.3) is 0 Å². The molecule has 0 amide bonds. The minimum atomic E-state index is 0.0841. The van der Waals surface area contributed by atoms with Crippen molar-refractivity contribution in [2.24, 2.45) is 5.73 Å². The standard InChI is InChI=1S/C12H20N2O/c1-10(13)11-4-6-12(7-5-11)15-9-8-14(2)3/h4-7,10H,8-9,13H2,1-3H3. The second-order valence-electron chi connectivity index (χ2n) is 4.01. The Morgan fingerprint density at radius 1 is 1.27 bits per heavy atom. The summed E-state index contributed by atoms with van der Waals surface area (Å²) < 4.78 is 5.57. The number of hydrogen-bond acceptors (Lipinski definition) is 3. The van der Waals surface area contributed by atoms with Crippen LogP contribution in [0.3, 0.4) is 0 Å². The Bertz CT molecular complexity index is 280. The van der Waals surface area contributed by atoms with Crippen molar-refractivity contribution in [2.75, 3.05) is 27.2 Å². The van der Waals surface area contributed by atoms with Gasteiger partial charge in [-0.15, -0.1) is 0 Å². The van der Waals surface area contributed by atoms with Crippen molar-refractivity contribution in [1.82, 2.24) is 4.90 Å². The highest BCUT2D eigenvalue weighted by atomic mass is 16.5. The molecule has 0 radical (unpaired) electrons. The summed E-state index contributed by atoms with van der Waals surface area (Å²) in [4.78, 5) is 2.09. The van der Waals surface area contributed by atoms with E-state index in [0.717, 1.165) is 17.9 Å². The molecule has 0 aromatic heterocycles. The minimum absolute atomic E-state index is 0.0841. The third-order valence-corrected chi connectivity index (χ3v) is 2.21. The number of hydrogen-bond donors (Lipinski definition) is 1. The number of nitrogens with zero attached hydrogens (tertiary/aromatic N) is 1. The van der Waals surface area contributed by atoms with E-state index in [2.05, 4.69) is 4.90 Å². The van der Waals surface area contributed by atoms with Gasteiger partial charge in [0.25, 0.3) is 0 Å². The molecule has 3 heteroatoms. The smallest absolute Gasteiger partial charge is 0.119 e. The number of likely N-dealkylation sites (N-methyl/N-ethyl adjacent to an activating group) is 1. The van der Waals surface area contributed by atoms with Gasteiger partial charge in [-0.25, -0.2) is 0 Å². The van der Waals surface area contributed by atoms with Crippen LogP contribution in [0.5, 0.6) is 5.75 Å². The first-order valence-electron chi connectivity index (χ1n) is 5.22. The van der Waals surface area contributed by atoms with Crippen molar-refractivity contribution in [3.8, 4) is 5.75 Å². The van der Waals surface area contributed by atoms with E-state index >= 15 is 0 Å². The molecule has 0 saturated carbocycles. The van der Waals surface area contributed by atoms with Gasteiger partial charge >= 0.3 is 0 Å². The summed E-state index contributed by atoms with van der Waals surface area (Å²) in [6.07, 6.45) is 0.